The van der Waals surface area contributed by atoms with Crippen molar-refractivity contribution >= 4 is 11.9 Å². The lowest BCUT2D eigenvalue weighted by Gasteiger charge is -2.38. The lowest BCUT2D eigenvalue weighted by molar-refractivity contribution is -0.106. The van der Waals surface area contributed by atoms with Crippen LogP contribution >= 0.6 is 0 Å². The maximum absolute atomic E-state index is 14.3. The molecule has 2 heterocycles. The number of anilines is 1. The lowest BCUT2D eigenvalue weighted by Crippen LogP contribution is -2.53. The predicted molar refractivity (Wildman–Crippen MR) is 81.4 cm³/mol. The van der Waals surface area contributed by atoms with Crippen molar-refractivity contribution in [3.05, 3.63) is 18.6 Å². The van der Waals surface area contributed by atoms with E-state index in [1.807, 2.05) is 0 Å². The first-order valence-corrected chi connectivity index (χ1v) is 7.53. The molecule has 6 nitrogen and oxygen atoms in total. The summed E-state index contributed by atoms with van der Waals surface area (Å²) in [7, 11) is 0. The summed E-state index contributed by atoms with van der Waals surface area (Å²) in [4.78, 5) is 20.9. The Morgan fingerprint density at radius 2 is 2.22 bits per heavy atom. The smallest absolute Gasteiger partial charge is 0.410 e. The molecule has 1 saturated heterocycles. The molecule has 8 heteroatoms. The third-order valence-electron chi connectivity index (χ3n) is 3.49. The van der Waals surface area contributed by atoms with E-state index in [2.05, 4.69) is 15.3 Å². The predicted octanol–water partition coefficient (Wildman–Crippen LogP) is 2.78. The van der Waals surface area contributed by atoms with Gasteiger partial charge in [-0.15, -0.1) is 0 Å². The number of likely N-dealkylation sites (tertiary alicyclic amines) is 1. The van der Waals surface area contributed by atoms with E-state index >= 15 is 0 Å². The fraction of sp³-hybridized carbons (Fsp3) is 0.667. The average Bonchev–Trinajstić information content (AvgIpc) is 2.44. The van der Waals surface area contributed by atoms with Crippen molar-refractivity contribution in [2.75, 3.05) is 25.0 Å². The summed E-state index contributed by atoms with van der Waals surface area (Å²) in [6.45, 7) is 4.82. The number of hydrogen-bond acceptors (Lipinski definition) is 5. The van der Waals surface area contributed by atoms with Gasteiger partial charge in [0.15, 0.2) is 0 Å². The van der Waals surface area contributed by atoms with E-state index in [1.54, 1.807) is 20.8 Å². The standard InChI is InChI=1S/C15H22F2N4O2/c1-14(2,3)23-13(22)21-7-4-11(15(16,17)10-21)8-20-12-9-18-5-6-19-12/h5-6,9,11H,4,7-8,10H2,1-3H3,(H,19,20)/t11-/m1/s1. The Balaban J connectivity index is 1.91. The minimum absolute atomic E-state index is 0.0772. The number of carbonyl (C=O) groups is 1. The molecule has 0 radical (unpaired) electrons. The number of piperidine rings is 1. The van der Waals surface area contributed by atoms with E-state index in [-0.39, 0.29) is 19.5 Å². The summed E-state index contributed by atoms with van der Waals surface area (Å²) >= 11 is 0. The van der Waals surface area contributed by atoms with Gasteiger partial charge in [-0.25, -0.2) is 18.6 Å². The van der Waals surface area contributed by atoms with Gasteiger partial charge in [0, 0.05) is 31.4 Å². The average molecular weight is 328 g/mol. The maximum atomic E-state index is 14.3. The molecule has 1 amide bonds. The molecule has 1 atom stereocenters. The summed E-state index contributed by atoms with van der Waals surface area (Å²) in [5.74, 6) is -3.40. The Kier molecular flexibility index (Phi) is 5.01. The molecule has 1 N–H and O–H groups in total. The Labute approximate surface area is 134 Å². The van der Waals surface area contributed by atoms with E-state index in [0.717, 1.165) is 4.90 Å². The highest BCUT2D eigenvalue weighted by Gasteiger charge is 2.46. The first-order valence-electron chi connectivity index (χ1n) is 7.53. The third-order valence-corrected chi connectivity index (χ3v) is 3.49. The van der Waals surface area contributed by atoms with Gasteiger partial charge < -0.3 is 15.0 Å². The third kappa shape index (κ3) is 5.01. The number of alkyl halides is 2. The second-order valence-electron chi connectivity index (χ2n) is 6.62. The summed E-state index contributed by atoms with van der Waals surface area (Å²) in [5.41, 5.74) is -0.698. The van der Waals surface area contributed by atoms with Crippen LogP contribution in [-0.2, 0) is 4.74 Å². The Bertz CT molecular complexity index is 534. The van der Waals surface area contributed by atoms with E-state index in [9.17, 15) is 13.6 Å². The van der Waals surface area contributed by atoms with E-state index in [1.165, 1.54) is 18.6 Å². The molecule has 1 aliphatic heterocycles. The number of carbonyl (C=O) groups excluding carboxylic acids is 1. The first-order chi connectivity index (χ1) is 10.7. The second kappa shape index (κ2) is 6.64. The second-order valence-corrected chi connectivity index (χ2v) is 6.62. The van der Waals surface area contributed by atoms with Gasteiger partial charge >= 0.3 is 6.09 Å². The van der Waals surface area contributed by atoms with Crippen molar-refractivity contribution < 1.29 is 18.3 Å². The molecule has 1 aliphatic rings. The minimum Gasteiger partial charge on any atom is -0.444 e. The Morgan fingerprint density at radius 3 is 2.78 bits per heavy atom. The molecule has 0 unspecified atom stereocenters. The van der Waals surface area contributed by atoms with Gasteiger partial charge in [-0.05, 0) is 27.2 Å². The molecule has 0 aliphatic carbocycles. The van der Waals surface area contributed by atoms with Crippen LogP contribution in [0.4, 0.5) is 19.4 Å². The number of hydrogen-bond donors (Lipinski definition) is 1. The number of rotatable bonds is 3. The number of halogens is 2. The summed E-state index contributed by atoms with van der Waals surface area (Å²) in [5, 5.41) is 2.86. The van der Waals surface area contributed by atoms with Crippen molar-refractivity contribution in [1.29, 1.82) is 0 Å². The topological polar surface area (TPSA) is 67.3 Å². The van der Waals surface area contributed by atoms with Crippen molar-refractivity contribution in [3.8, 4) is 0 Å². The van der Waals surface area contributed by atoms with E-state index < -0.39 is 30.1 Å². The highest BCUT2D eigenvalue weighted by atomic mass is 19.3. The number of nitrogens with one attached hydrogen (secondary N) is 1. The number of aromatic nitrogens is 2. The van der Waals surface area contributed by atoms with Gasteiger partial charge in [0.25, 0.3) is 5.92 Å². The quantitative estimate of drug-likeness (QED) is 0.924. The SMILES string of the molecule is CC(C)(C)OC(=O)N1CC[C@H](CNc2cnccn2)C(F)(F)C1. The molecule has 2 rings (SSSR count). The minimum atomic E-state index is -2.98. The van der Waals surface area contributed by atoms with Gasteiger partial charge in [-0.1, -0.05) is 0 Å². The van der Waals surface area contributed by atoms with E-state index in [0.29, 0.717) is 5.82 Å². The van der Waals surface area contributed by atoms with Crippen LogP contribution in [-0.4, -0.2) is 52.1 Å². The molecule has 128 valence electrons. The van der Waals surface area contributed by atoms with Gasteiger partial charge in [0.05, 0.1) is 12.7 Å². The summed E-state index contributed by atoms with van der Waals surface area (Å²) < 4.78 is 33.7. The maximum Gasteiger partial charge on any atom is 0.410 e. The fourth-order valence-electron chi connectivity index (χ4n) is 2.34. The highest BCUT2D eigenvalue weighted by Crippen LogP contribution is 2.33. The van der Waals surface area contributed by atoms with Crippen LogP contribution in [0.3, 0.4) is 0 Å². The fourth-order valence-corrected chi connectivity index (χ4v) is 2.34. The molecule has 0 aromatic carbocycles. The van der Waals surface area contributed by atoms with Gasteiger partial charge in [-0.2, -0.15) is 0 Å². The molecule has 1 aromatic rings. The molecule has 23 heavy (non-hydrogen) atoms. The van der Waals surface area contributed by atoms with Crippen molar-refractivity contribution in [1.82, 2.24) is 14.9 Å². The molecule has 0 saturated carbocycles. The number of amides is 1. The molecular weight excluding hydrogens is 306 g/mol. The van der Waals surface area contributed by atoms with Crippen LogP contribution in [0.1, 0.15) is 27.2 Å². The van der Waals surface area contributed by atoms with Gasteiger partial charge in [0.1, 0.15) is 11.4 Å². The highest BCUT2D eigenvalue weighted by molar-refractivity contribution is 5.68. The van der Waals surface area contributed by atoms with Crippen molar-refractivity contribution in [2.45, 2.75) is 38.7 Å². The van der Waals surface area contributed by atoms with E-state index in [4.69, 9.17) is 4.74 Å². The molecule has 1 fully saturated rings. The molecule has 0 spiro atoms. The van der Waals surface area contributed by atoms with Crippen LogP contribution in [0.2, 0.25) is 0 Å². The Hall–Kier alpha value is -1.99. The Morgan fingerprint density at radius 1 is 1.48 bits per heavy atom. The summed E-state index contributed by atoms with van der Waals surface area (Å²) in [6.07, 6.45) is 3.98. The molecular formula is C15H22F2N4O2. The van der Waals surface area contributed by atoms with Crippen molar-refractivity contribution in [3.63, 3.8) is 0 Å². The zero-order valence-electron chi connectivity index (χ0n) is 13.6. The van der Waals surface area contributed by atoms with Crippen LogP contribution < -0.4 is 5.32 Å². The lowest BCUT2D eigenvalue weighted by atomic mass is 9.93. The van der Waals surface area contributed by atoms with Gasteiger partial charge in [0.2, 0.25) is 0 Å². The van der Waals surface area contributed by atoms with Gasteiger partial charge in [-0.3, -0.25) is 4.98 Å². The molecule has 0 bridgehead atoms. The molecule has 1 aromatic heterocycles. The number of nitrogens with zero attached hydrogens (tertiary/aromatic N) is 3. The zero-order chi connectivity index (χ0) is 17.1. The zero-order valence-corrected chi connectivity index (χ0v) is 13.6. The number of ether oxygens (including phenoxy) is 1. The monoisotopic (exact) mass is 328 g/mol. The first kappa shape index (κ1) is 17.4. The van der Waals surface area contributed by atoms with Crippen molar-refractivity contribution in [2.24, 2.45) is 5.92 Å². The van der Waals surface area contributed by atoms with Crippen LogP contribution in [0.5, 0.6) is 0 Å². The van der Waals surface area contributed by atoms with Crippen LogP contribution in [0.25, 0.3) is 0 Å². The largest absolute Gasteiger partial charge is 0.444 e. The normalized spacial score (nSPS) is 20.9. The van der Waals surface area contributed by atoms with Crippen LogP contribution in [0.15, 0.2) is 18.6 Å². The summed E-state index contributed by atoms with van der Waals surface area (Å²) in [6, 6.07) is 0. The van der Waals surface area contributed by atoms with Crippen LogP contribution in [0, 0.1) is 5.92 Å².